The van der Waals surface area contributed by atoms with Crippen LogP contribution >= 0.6 is 0 Å². The van der Waals surface area contributed by atoms with Gasteiger partial charge in [-0.05, 0) is 37.1 Å². The number of β-amino-alcohol motifs (C(OH)–C–C–N with tert-alkyl or cyclic N) is 1. The van der Waals surface area contributed by atoms with Gasteiger partial charge in [0.25, 0.3) is 5.91 Å². The smallest absolute Gasteiger partial charge is 0.278 e. The SMILES string of the molecule is O=C(c1nn(-c2ccc(F)cc2)cc1O)N1CCCC(O)C1. The summed E-state index contributed by atoms with van der Waals surface area (Å²) in [6, 6.07) is 5.55. The van der Waals surface area contributed by atoms with Gasteiger partial charge in [0.15, 0.2) is 11.4 Å². The second-order valence-corrected chi connectivity index (χ2v) is 5.33. The van der Waals surface area contributed by atoms with Crippen molar-refractivity contribution in [2.45, 2.75) is 18.9 Å². The Balaban J connectivity index is 1.85. The molecule has 1 amide bonds. The number of nitrogens with zero attached hydrogens (tertiary/aromatic N) is 3. The van der Waals surface area contributed by atoms with E-state index in [0.29, 0.717) is 25.1 Å². The van der Waals surface area contributed by atoms with E-state index in [9.17, 15) is 19.4 Å². The number of aliphatic hydroxyl groups is 1. The summed E-state index contributed by atoms with van der Waals surface area (Å²) in [5.41, 5.74) is 0.466. The highest BCUT2D eigenvalue weighted by atomic mass is 19.1. The van der Waals surface area contributed by atoms with Crippen LogP contribution in [0, 0.1) is 5.82 Å². The number of hydrogen-bond donors (Lipinski definition) is 2. The number of carbonyl (C=O) groups excluding carboxylic acids is 1. The zero-order valence-electron chi connectivity index (χ0n) is 11.8. The third kappa shape index (κ3) is 2.80. The number of benzene rings is 1. The number of aromatic nitrogens is 2. The second-order valence-electron chi connectivity index (χ2n) is 5.33. The average molecular weight is 305 g/mol. The van der Waals surface area contributed by atoms with E-state index in [-0.39, 0.29) is 23.8 Å². The van der Waals surface area contributed by atoms with E-state index in [1.807, 2.05) is 0 Å². The fourth-order valence-electron chi connectivity index (χ4n) is 2.53. The predicted molar refractivity (Wildman–Crippen MR) is 76.3 cm³/mol. The Kier molecular flexibility index (Phi) is 3.81. The van der Waals surface area contributed by atoms with E-state index in [2.05, 4.69) is 5.10 Å². The molecule has 1 unspecified atom stereocenters. The summed E-state index contributed by atoms with van der Waals surface area (Å²) in [5.74, 6) is -1.04. The summed E-state index contributed by atoms with van der Waals surface area (Å²) < 4.78 is 14.3. The molecule has 7 heteroatoms. The van der Waals surface area contributed by atoms with Crippen molar-refractivity contribution in [3.63, 3.8) is 0 Å². The van der Waals surface area contributed by atoms with Gasteiger partial charge in [-0.15, -0.1) is 0 Å². The van der Waals surface area contributed by atoms with Crippen LogP contribution in [0.4, 0.5) is 4.39 Å². The molecule has 1 atom stereocenters. The minimum absolute atomic E-state index is 0.0709. The quantitative estimate of drug-likeness (QED) is 0.877. The maximum atomic E-state index is 12.9. The van der Waals surface area contributed by atoms with Crippen LogP contribution in [0.1, 0.15) is 23.3 Å². The fraction of sp³-hybridized carbons (Fsp3) is 0.333. The van der Waals surface area contributed by atoms with Gasteiger partial charge in [-0.25, -0.2) is 9.07 Å². The Bertz CT molecular complexity index is 684. The number of amides is 1. The van der Waals surface area contributed by atoms with Crippen LogP contribution < -0.4 is 0 Å². The molecule has 3 rings (SSSR count). The monoisotopic (exact) mass is 305 g/mol. The minimum Gasteiger partial charge on any atom is -0.504 e. The first-order valence-corrected chi connectivity index (χ1v) is 7.06. The van der Waals surface area contributed by atoms with Crippen molar-refractivity contribution in [1.29, 1.82) is 0 Å². The molecule has 2 N–H and O–H groups in total. The first-order chi connectivity index (χ1) is 10.5. The Hall–Kier alpha value is -2.41. The zero-order chi connectivity index (χ0) is 15.7. The van der Waals surface area contributed by atoms with Gasteiger partial charge in [0.1, 0.15) is 5.82 Å². The van der Waals surface area contributed by atoms with Crippen LogP contribution in [0.15, 0.2) is 30.5 Å². The van der Waals surface area contributed by atoms with Crippen LogP contribution in [0.2, 0.25) is 0 Å². The molecule has 6 nitrogen and oxygen atoms in total. The molecular formula is C15H16FN3O3. The van der Waals surface area contributed by atoms with Crippen molar-refractivity contribution < 1.29 is 19.4 Å². The summed E-state index contributed by atoms with van der Waals surface area (Å²) in [7, 11) is 0. The number of hydrogen-bond acceptors (Lipinski definition) is 4. The molecule has 0 bridgehead atoms. The summed E-state index contributed by atoms with van der Waals surface area (Å²) in [6.45, 7) is 0.764. The summed E-state index contributed by atoms with van der Waals surface area (Å²) in [4.78, 5) is 13.9. The fourth-order valence-corrected chi connectivity index (χ4v) is 2.53. The number of carbonyl (C=O) groups is 1. The average Bonchev–Trinajstić information content (AvgIpc) is 2.89. The van der Waals surface area contributed by atoms with Gasteiger partial charge in [-0.2, -0.15) is 5.10 Å². The van der Waals surface area contributed by atoms with Crippen LogP contribution in [0.3, 0.4) is 0 Å². The molecule has 1 aromatic carbocycles. The second kappa shape index (κ2) is 5.76. The molecule has 1 saturated heterocycles. The molecule has 1 aromatic heterocycles. The van der Waals surface area contributed by atoms with Gasteiger partial charge in [0, 0.05) is 13.1 Å². The molecular weight excluding hydrogens is 289 g/mol. The highest BCUT2D eigenvalue weighted by molar-refractivity contribution is 5.95. The van der Waals surface area contributed by atoms with Gasteiger partial charge in [0.2, 0.25) is 0 Å². The lowest BCUT2D eigenvalue weighted by atomic mass is 10.1. The molecule has 22 heavy (non-hydrogen) atoms. The number of aliphatic hydroxyl groups excluding tert-OH is 1. The largest absolute Gasteiger partial charge is 0.504 e. The number of aromatic hydroxyl groups is 1. The van der Waals surface area contributed by atoms with E-state index in [1.165, 1.54) is 40.0 Å². The van der Waals surface area contributed by atoms with Gasteiger partial charge < -0.3 is 15.1 Å². The zero-order valence-corrected chi connectivity index (χ0v) is 11.8. The standard InChI is InChI=1S/C15H16FN3O3/c16-10-3-5-11(6-4-10)19-9-13(21)14(17-19)15(22)18-7-1-2-12(20)8-18/h3-6,9,12,20-21H,1-2,7-8H2. The third-order valence-electron chi connectivity index (χ3n) is 3.67. The van der Waals surface area contributed by atoms with E-state index < -0.39 is 12.0 Å². The van der Waals surface area contributed by atoms with Gasteiger partial charge in [0.05, 0.1) is 18.0 Å². The molecule has 1 aliphatic rings. The highest BCUT2D eigenvalue weighted by Gasteiger charge is 2.27. The Morgan fingerprint density at radius 3 is 2.73 bits per heavy atom. The highest BCUT2D eigenvalue weighted by Crippen LogP contribution is 2.21. The lowest BCUT2D eigenvalue weighted by molar-refractivity contribution is 0.0466. The van der Waals surface area contributed by atoms with Crippen LogP contribution in [0.25, 0.3) is 5.69 Å². The first kappa shape index (κ1) is 14.5. The Labute approximate surface area is 126 Å². The summed E-state index contributed by atoms with van der Waals surface area (Å²) in [6.07, 6.45) is 2.14. The first-order valence-electron chi connectivity index (χ1n) is 7.06. The molecule has 0 saturated carbocycles. The van der Waals surface area contributed by atoms with Crippen molar-refractivity contribution in [1.82, 2.24) is 14.7 Å². The Morgan fingerprint density at radius 2 is 2.05 bits per heavy atom. The van der Waals surface area contributed by atoms with Crippen LogP contribution in [-0.4, -0.2) is 50.0 Å². The van der Waals surface area contributed by atoms with Crippen molar-refractivity contribution in [3.8, 4) is 11.4 Å². The molecule has 0 aliphatic carbocycles. The maximum Gasteiger partial charge on any atom is 0.278 e. The molecule has 1 fully saturated rings. The number of likely N-dealkylation sites (tertiary alicyclic amines) is 1. The van der Waals surface area contributed by atoms with Crippen molar-refractivity contribution in [2.75, 3.05) is 13.1 Å². The lowest BCUT2D eigenvalue weighted by Crippen LogP contribution is -2.42. The van der Waals surface area contributed by atoms with Crippen molar-refractivity contribution in [2.24, 2.45) is 0 Å². The summed E-state index contributed by atoms with van der Waals surface area (Å²) >= 11 is 0. The van der Waals surface area contributed by atoms with Gasteiger partial charge in [-0.1, -0.05) is 0 Å². The molecule has 1 aliphatic heterocycles. The topological polar surface area (TPSA) is 78.6 Å². The van der Waals surface area contributed by atoms with Gasteiger partial charge >= 0.3 is 0 Å². The van der Waals surface area contributed by atoms with Crippen molar-refractivity contribution in [3.05, 3.63) is 42.0 Å². The molecule has 0 spiro atoms. The molecule has 2 aromatic rings. The molecule has 0 radical (unpaired) electrons. The van der Waals surface area contributed by atoms with Crippen LogP contribution in [-0.2, 0) is 0 Å². The maximum absolute atomic E-state index is 12.9. The summed E-state index contributed by atoms with van der Waals surface area (Å²) in [5, 5.41) is 23.7. The predicted octanol–water partition coefficient (Wildman–Crippen LogP) is 1.31. The number of halogens is 1. The number of rotatable bonds is 2. The minimum atomic E-state index is -0.543. The molecule has 2 heterocycles. The lowest BCUT2D eigenvalue weighted by Gasteiger charge is -2.29. The van der Waals surface area contributed by atoms with E-state index in [1.54, 1.807) is 0 Å². The van der Waals surface area contributed by atoms with E-state index in [4.69, 9.17) is 0 Å². The third-order valence-corrected chi connectivity index (χ3v) is 3.67. The molecule has 116 valence electrons. The van der Waals surface area contributed by atoms with E-state index >= 15 is 0 Å². The Morgan fingerprint density at radius 1 is 1.32 bits per heavy atom. The number of piperidine rings is 1. The van der Waals surface area contributed by atoms with Gasteiger partial charge in [-0.3, -0.25) is 4.79 Å². The normalized spacial score (nSPS) is 18.5. The van der Waals surface area contributed by atoms with Crippen LogP contribution in [0.5, 0.6) is 5.75 Å². The van der Waals surface area contributed by atoms with E-state index in [0.717, 1.165) is 0 Å². The van der Waals surface area contributed by atoms with Crippen molar-refractivity contribution >= 4 is 5.91 Å².